The minimum Gasteiger partial charge on any atom is -0.455 e. The molecule has 0 aliphatic rings. The minimum absolute atomic E-state index is 0.116. The largest absolute Gasteiger partial charge is 0.455 e. The molecule has 0 atom stereocenters. The fraction of sp³-hybridized carbons (Fsp3) is 0.300. The Hall–Kier alpha value is -1.53. The van der Waals surface area contributed by atoms with Gasteiger partial charge < -0.3 is 14.9 Å². The maximum atomic E-state index is 12.6. The normalized spacial score (nSPS) is 11.6. The van der Waals surface area contributed by atoms with Crippen molar-refractivity contribution in [1.29, 1.82) is 0 Å². The van der Waals surface area contributed by atoms with E-state index in [9.17, 15) is 13.6 Å². The fourth-order valence-electron chi connectivity index (χ4n) is 0.894. The summed E-state index contributed by atoms with van der Waals surface area (Å²) in [6.45, 7) is -1.38. The number of hydrogen-bond acceptors (Lipinski definition) is 4. The highest BCUT2D eigenvalue weighted by Gasteiger charge is 2.39. The molecule has 4 nitrogen and oxygen atoms in total. The van der Waals surface area contributed by atoms with Crippen LogP contribution in [-0.4, -0.2) is 35.0 Å². The van der Waals surface area contributed by atoms with Gasteiger partial charge in [0.05, 0.1) is 5.56 Å². The molecular weight excluding hydrogens is 222 g/mol. The first-order chi connectivity index (χ1) is 7.43. The molecule has 16 heavy (non-hydrogen) atoms. The van der Waals surface area contributed by atoms with Crippen molar-refractivity contribution in [3.63, 3.8) is 0 Å². The van der Waals surface area contributed by atoms with Gasteiger partial charge in [0.2, 0.25) is 6.29 Å². The molecule has 1 aromatic rings. The Bertz CT molecular complexity index is 351. The van der Waals surface area contributed by atoms with E-state index in [4.69, 9.17) is 10.2 Å². The van der Waals surface area contributed by atoms with Crippen LogP contribution in [0.2, 0.25) is 0 Å². The monoisotopic (exact) mass is 232 g/mol. The molecule has 0 bridgehead atoms. The number of aliphatic hydroxyl groups excluding tert-OH is 1. The van der Waals surface area contributed by atoms with E-state index in [0.717, 1.165) is 0 Å². The summed E-state index contributed by atoms with van der Waals surface area (Å²) in [6, 6.07) is 7.56. The van der Waals surface area contributed by atoms with Crippen molar-refractivity contribution in [3.8, 4) is 0 Å². The molecule has 0 unspecified atom stereocenters. The lowest BCUT2D eigenvalue weighted by Crippen LogP contribution is -2.38. The van der Waals surface area contributed by atoms with Crippen molar-refractivity contribution in [2.24, 2.45) is 0 Å². The lowest BCUT2D eigenvalue weighted by molar-refractivity contribution is -0.222. The van der Waals surface area contributed by atoms with E-state index >= 15 is 0 Å². The summed E-state index contributed by atoms with van der Waals surface area (Å²) in [7, 11) is 0. The molecule has 0 spiro atoms. The molecular formula is C10H10F2O4. The molecule has 6 heteroatoms. The first kappa shape index (κ1) is 12.5. The molecule has 0 aromatic heterocycles. The Morgan fingerprint density at radius 1 is 1.31 bits per heavy atom. The lowest BCUT2D eigenvalue weighted by Gasteiger charge is -2.17. The van der Waals surface area contributed by atoms with Crippen LogP contribution in [-0.2, 0) is 4.74 Å². The number of esters is 1. The van der Waals surface area contributed by atoms with Crippen molar-refractivity contribution < 1.29 is 28.5 Å². The molecule has 0 amide bonds. The number of aliphatic hydroxyl groups is 2. The second kappa shape index (κ2) is 5.00. The Morgan fingerprint density at radius 3 is 2.38 bits per heavy atom. The van der Waals surface area contributed by atoms with Gasteiger partial charge >= 0.3 is 11.9 Å². The standard InChI is InChI=1S/C10H10F2O4/c11-10(12,9(14)15)6-16-8(13)7-4-2-1-3-5-7/h1-5,9,14-15H,6H2. The minimum atomic E-state index is -3.87. The smallest absolute Gasteiger partial charge is 0.338 e. The van der Waals surface area contributed by atoms with Gasteiger partial charge in [-0.05, 0) is 12.1 Å². The molecule has 0 aliphatic heterocycles. The number of ether oxygens (including phenoxy) is 1. The number of carbonyl (C=O) groups is 1. The molecule has 0 fully saturated rings. The second-order valence-electron chi connectivity index (χ2n) is 3.08. The molecule has 1 rings (SSSR count). The van der Waals surface area contributed by atoms with E-state index in [-0.39, 0.29) is 5.56 Å². The quantitative estimate of drug-likeness (QED) is 0.595. The van der Waals surface area contributed by atoms with E-state index in [2.05, 4.69) is 4.74 Å². The highest BCUT2D eigenvalue weighted by atomic mass is 19.3. The average Bonchev–Trinajstić information content (AvgIpc) is 2.27. The third kappa shape index (κ3) is 3.25. The second-order valence-corrected chi connectivity index (χ2v) is 3.08. The van der Waals surface area contributed by atoms with E-state index in [1.807, 2.05) is 0 Å². The van der Waals surface area contributed by atoms with Gasteiger partial charge in [0.25, 0.3) is 0 Å². The maximum Gasteiger partial charge on any atom is 0.338 e. The molecule has 0 heterocycles. The molecule has 0 saturated carbocycles. The summed E-state index contributed by atoms with van der Waals surface area (Å²) in [5.41, 5.74) is 0.116. The highest BCUT2D eigenvalue weighted by Crippen LogP contribution is 2.18. The predicted molar refractivity (Wildman–Crippen MR) is 49.9 cm³/mol. The van der Waals surface area contributed by atoms with Gasteiger partial charge in [0, 0.05) is 0 Å². The Kier molecular flexibility index (Phi) is 3.92. The van der Waals surface area contributed by atoms with Crippen LogP contribution in [0.25, 0.3) is 0 Å². The molecule has 2 N–H and O–H groups in total. The molecule has 0 saturated heterocycles. The first-order valence-corrected chi connectivity index (χ1v) is 4.39. The number of benzene rings is 1. The summed E-state index contributed by atoms with van der Waals surface area (Å²) < 4.78 is 29.5. The van der Waals surface area contributed by atoms with Crippen LogP contribution in [0.4, 0.5) is 8.78 Å². The van der Waals surface area contributed by atoms with Crippen molar-refractivity contribution in [2.45, 2.75) is 12.2 Å². The number of halogens is 2. The van der Waals surface area contributed by atoms with Crippen LogP contribution in [0.5, 0.6) is 0 Å². The van der Waals surface area contributed by atoms with Crippen molar-refractivity contribution in [1.82, 2.24) is 0 Å². The molecule has 0 radical (unpaired) electrons. The first-order valence-electron chi connectivity index (χ1n) is 4.39. The summed E-state index contributed by atoms with van der Waals surface area (Å²) >= 11 is 0. The molecule has 1 aromatic carbocycles. The SMILES string of the molecule is O=C(OCC(F)(F)C(O)O)c1ccccc1. The lowest BCUT2D eigenvalue weighted by atomic mass is 10.2. The topological polar surface area (TPSA) is 66.8 Å². The van der Waals surface area contributed by atoms with Crippen LogP contribution >= 0.6 is 0 Å². The van der Waals surface area contributed by atoms with Crippen molar-refractivity contribution in [3.05, 3.63) is 35.9 Å². The van der Waals surface area contributed by atoms with Gasteiger partial charge in [0.1, 0.15) is 0 Å². The van der Waals surface area contributed by atoms with Crippen molar-refractivity contribution in [2.75, 3.05) is 6.61 Å². The van der Waals surface area contributed by atoms with E-state index in [1.54, 1.807) is 18.2 Å². The van der Waals surface area contributed by atoms with Gasteiger partial charge in [-0.1, -0.05) is 18.2 Å². The zero-order valence-electron chi connectivity index (χ0n) is 8.14. The highest BCUT2D eigenvalue weighted by molar-refractivity contribution is 5.89. The fourth-order valence-corrected chi connectivity index (χ4v) is 0.894. The van der Waals surface area contributed by atoms with E-state index in [1.165, 1.54) is 12.1 Å². The van der Waals surface area contributed by atoms with Gasteiger partial charge in [-0.25, -0.2) is 4.79 Å². The Balaban J connectivity index is 2.54. The zero-order valence-corrected chi connectivity index (χ0v) is 8.14. The van der Waals surface area contributed by atoms with E-state index in [0.29, 0.717) is 0 Å². The third-order valence-electron chi connectivity index (χ3n) is 1.78. The number of hydrogen-bond donors (Lipinski definition) is 2. The molecule has 0 aliphatic carbocycles. The number of rotatable bonds is 4. The Labute approximate surface area is 90.1 Å². The van der Waals surface area contributed by atoms with Gasteiger partial charge in [0.15, 0.2) is 6.61 Å². The average molecular weight is 232 g/mol. The summed E-state index contributed by atoms with van der Waals surface area (Å²) in [6.07, 6.45) is -2.85. The number of alkyl halides is 2. The van der Waals surface area contributed by atoms with Crippen LogP contribution in [0.15, 0.2) is 30.3 Å². The summed E-state index contributed by atoms with van der Waals surface area (Å²) in [5.74, 6) is -4.81. The summed E-state index contributed by atoms with van der Waals surface area (Å²) in [5, 5.41) is 16.6. The van der Waals surface area contributed by atoms with Crippen LogP contribution in [0.1, 0.15) is 10.4 Å². The van der Waals surface area contributed by atoms with Crippen LogP contribution in [0.3, 0.4) is 0 Å². The third-order valence-corrected chi connectivity index (χ3v) is 1.78. The van der Waals surface area contributed by atoms with Gasteiger partial charge in [-0.2, -0.15) is 8.78 Å². The summed E-state index contributed by atoms with van der Waals surface area (Å²) in [4.78, 5) is 11.2. The maximum absolute atomic E-state index is 12.6. The molecule has 88 valence electrons. The number of carbonyl (C=O) groups excluding carboxylic acids is 1. The van der Waals surface area contributed by atoms with Crippen LogP contribution in [0, 0.1) is 0 Å². The van der Waals surface area contributed by atoms with E-state index < -0.39 is 24.8 Å². The predicted octanol–water partition coefficient (Wildman–Crippen LogP) is 0.789. The zero-order chi connectivity index (χ0) is 12.2. The van der Waals surface area contributed by atoms with Crippen molar-refractivity contribution >= 4 is 5.97 Å². The van der Waals surface area contributed by atoms with Crippen LogP contribution < -0.4 is 0 Å². The van der Waals surface area contributed by atoms with Gasteiger partial charge in [-0.15, -0.1) is 0 Å². The Morgan fingerprint density at radius 2 is 1.88 bits per heavy atom. The van der Waals surface area contributed by atoms with Gasteiger partial charge in [-0.3, -0.25) is 0 Å².